The van der Waals surface area contributed by atoms with Crippen LogP contribution in [0, 0.1) is 0 Å². The van der Waals surface area contributed by atoms with Crippen molar-refractivity contribution < 1.29 is 14.6 Å². The summed E-state index contributed by atoms with van der Waals surface area (Å²) in [6, 6.07) is 6.87. The molecule has 0 aliphatic heterocycles. The molecule has 17 heavy (non-hydrogen) atoms. The molecule has 0 aliphatic rings. The number of carbonyl (C=O) groups excluding carboxylic acids is 1. The van der Waals surface area contributed by atoms with E-state index in [-0.39, 0.29) is 11.9 Å². The van der Waals surface area contributed by atoms with Gasteiger partial charge in [-0.1, -0.05) is 6.92 Å². The average molecular weight is 236 g/mol. The Morgan fingerprint density at radius 2 is 1.88 bits per heavy atom. The van der Waals surface area contributed by atoms with Crippen molar-refractivity contribution in [2.45, 2.75) is 45.8 Å². The van der Waals surface area contributed by atoms with E-state index in [9.17, 15) is 9.90 Å². The zero-order valence-electron chi connectivity index (χ0n) is 10.9. The third-order valence-electron chi connectivity index (χ3n) is 2.67. The molecule has 0 fully saturated rings. The van der Waals surface area contributed by atoms with Gasteiger partial charge in [0.25, 0.3) is 0 Å². The maximum Gasteiger partial charge on any atom is 0.194 e. The van der Waals surface area contributed by atoms with E-state index in [1.807, 2.05) is 13.8 Å². The summed E-state index contributed by atoms with van der Waals surface area (Å²) in [6.45, 7) is 7.21. The Bertz CT molecular complexity index is 377. The highest BCUT2D eigenvalue weighted by Crippen LogP contribution is 2.20. The molecule has 1 rings (SSSR count). The Hall–Kier alpha value is -1.35. The maximum atomic E-state index is 11.9. The molecule has 1 aromatic carbocycles. The Labute approximate surface area is 102 Å². The van der Waals surface area contributed by atoms with E-state index in [0.717, 1.165) is 5.75 Å². The number of aliphatic hydroxyl groups is 1. The zero-order chi connectivity index (χ0) is 13.1. The first kappa shape index (κ1) is 13.7. The van der Waals surface area contributed by atoms with Crippen LogP contribution in [-0.2, 0) is 0 Å². The Balaban J connectivity index is 2.84. The van der Waals surface area contributed by atoms with Gasteiger partial charge in [0.15, 0.2) is 5.78 Å². The van der Waals surface area contributed by atoms with Gasteiger partial charge in [-0.05, 0) is 51.5 Å². The lowest BCUT2D eigenvalue weighted by Gasteiger charge is -2.19. The fourth-order valence-corrected chi connectivity index (χ4v) is 1.43. The van der Waals surface area contributed by atoms with Gasteiger partial charge in [0, 0.05) is 5.56 Å². The second-order valence-corrected chi connectivity index (χ2v) is 4.65. The molecule has 0 aliphatic carbocycles. The van der Waals surface area contributed by atoms with Gasteiger partial charge < -0.3 is 9.84 Å². The van der Waals surface area contributed by atoms with Crippen LogP contribution >= 0.6 is 0 Å². The van der Waals surface area contributed by atoms with E-state index in [2.05, 4.69) is 0 Å². The smallest absolute Gasteiger partial charge is 0.194 e. The molecular weight excluding hydrogens is 216 g/mol. The molecule has 1 aromatic rings. The van der Waals surface area contributed by atoms with Gasteiger partial charge in [-0.15, -0.1) is 0 Å². The first-order chi connectivity index (χ1) is 7.86. The summed E-state index contributed by atoms with van der Waals surface area (Å²) in [5.41, 5.74) is -0.784. The second kappa shape index (κ2) is 5.32. The van der Waals surface area contributed by atoms with Gasteiger partial charge >= 0.3 is 0 Å². The molecule has 0 spiro atoms. The Kier molecular flexibility index (Phi) is 4.29. The molecule has 3 nitrogen and oxygen atoms in total. The summed E-state index contributed by atoms with van der Waals surface area (Å²) in [7, 11) is 0. The molecule has 0 amide bonds. The van der Waals surface area contributed by atoms with Gasteiger partial charge in [-0.25, -0.2) is 0 Å². The highest BCUT2D eigenvalue weighted by molar-refractivity contribution is 6.02. The predicted octanol–water partition coefficient (Wildman–Crippen LogP) is 2.82. The molecule has 1 atom stereocenters. The zero-order valence-corrected chi connectivity index (χ0v) is 10.9. The van der Waals surface area contributed by atoms with Crippen molar-refractivity contribution in [2.24, 2.45) is 0 Å². The van der Waals surface area contributed by atoms with Crippen molar-refractivity contribution in [3.05, 3.63) is 29.8 Å². The summed E-state index contributed by atoms with van der Waals surface area (Å²) >= 11 is 0. The molecular formula is C14H20O3. The fraction of sp³-hybridized carbons (Fsp3) is 0.500. The van der Waals surface area contributed by atoms with Crippen LogP contribution in [0.15, 0.2) is 24.3 Å². The van der Waals surface area contributed by atoms with Crippen molar-refractivity contribution in [3.63, 3.8) is 0 Å². The third-order valence-corrected chi connectivity index (χ3v) is 2.67. The summed E-state index contributed by atoms with van der Waals surface area (Å²) < 4.78 is 5.49. The van der Waals surface area contributed by atoms with Crippen LogP contribution < -0.4 is 4.74 Å². The Morgan fingerprint density at radius 1 is 1.35 bits per heavy atom. The molecule has 0 heterocycles. The number of ether oxygens (including phenoxy) is 1. The normalized spacial score (nSPS) is 14.5. The predicted molar refractivity (Wildman–Crippen MR) is 67.5 cm³/mol. The highest BCUT2D eigenvalue weighted by Gasteiger charge is 2.28. The van der Waals surface area contributed by atoms with Crippen molar-refractivity contribution in [3.8, 4) is 5.75 Å². The van der Waals surface area contributed by atoms with E-state index < -0.39 is 5.60 Å². The number of carbonyl (C=O) groups is 1. The van der Waals surface area contributed by atoms with E-state index in [1.54, 1.807) is 31.2 Å². The monoisotopic (exact) mass is 236 g/mol. The summed E-state index contributed by atoms with van der Waals surface area (Å²) in [5, 5.41) is 9.88. The molecule has 1 unspecified atom stereocenters. The van der Waals surface area contributed by atoms with Crippen LogP contribution in [0.3, 0.4) is 0 Å². The van der Waals surface area contributed by atoms with Crippen molar-refractivity contribution in [1.82, 2.24) is 0 Å². The molecule has 0 saturated heterocycles. The maximum absolute atomic E-state index is 11.9. The Morgan fingerprint density at radius 3 is 2.29 bits per heavy atom. The largest absolute Gasteiger partial charge is 0.491 e. The minimum absolute atomic E-state index is 0.107. The van der Waals surface area contributed by atoms with Gasteiger partial charge in [0.2, 0.25) is 0 Å². The summed E-state index contributed by atoms with van der Waals surface area (Å²) in [6.07, 6.45) is 0.506. The van der Waals surface area contributed by atoms with E-state index in [0.29, 0.717) is 12.0 Å². The van der Waals surface area contributed by atoms with E-state index in [1.165, 1.54) is 6.92 Å². The van der Waals surface area contributed by atoms with Crippen LogP contribution in [0.5, 0.6) is 5.75 Å². The minimum atomic E-state index is -1.29. The standard InChI is InChI=1S/C14H20O3/c1-5-14(4,16)13(15)11-6-8-12(9-7-11)17-10(2)3/h6-10,16H,5H2,1-4H3. The molecule has 1 N–H and O–H groups in total. The van der Waals surface area contributed by atoms with Gasteiger partial charge in [0.05, 0.1) is 6.10 Å². The van der Waals surface area contributed by atoms with E-state index >= 15 is 0 Å². The fourth-order valence-electron chi connectivity index (χ4n) is 1.43. The van der Waals surface area contributed by atoms with Crippen LogP contribution in [0.25, 0.3) is 0 Å². The van der Waals surface area contributed by atoms with Crippen molar-refractivity contribution in [2.75, 3.05) is 0 Å². The number of Topliss-reactive ketones (excluding diaryl/α,β-unsaturated/α-hetero) is 1. The van der Waals surface area contributed by atoms with Gasteiger partial charge in [-0.2, -0.15) is 0 Å². The average Bonchev–Trinajstić information content (AvgIpc) is 2.28. The molecule has 0 radical (unpaired) electrons. The van der Waals surface area contributed by atoms with Gasteiger partial charge in [-0.3, -0.25) is 4.79 Å². The number of hydrogen-bond acceptors (Lipinski definition) is 3. The van der Waals surface area contributed by atoms with Crippen molar-refractivity contribution >= 4 is 5.78 Å². The quantitative estimate of drug-likeness (QED) is 0.800. The molecule has 0 aromatic heterocycles. The minimum Gasteiger partial charge on any atom is -0.491 e. The van der Waals surface area contributed by atoms with Crippen molar-refractivity contribution in [1.29, 1.82) is 0 Å². The molecule has 0 bridgehead atoms. The molecule has 3 heteroatoms. The third kappa shape index (κ3) is 3.56. The topological polar surface area (TPSA) is 46.5 Å². The molecule has 0 saturated carbocycles. The number of benzene rings is 1. The van der Waals surface area contributed by atoms with E-state index in [4.69, 9.17) is 4.74 Å². The van der Waals surface area contributed by atoms with Crippen LogP contribution in [-0.4, -0.2) is 22.6 Å². The number of rotatable bonds is 5. The lowest BCUT2D eigenvalue weighted by molar-refractivity contribution is 0.0390. The first-order valence-corrected chi connectivity index (χ1v) is 5.90. The lowest BCUT2D eigenvalue weighted by atomic mass is 9.92. The second-order valence-electron chi connectivity index (χ2n) is 4.65. The van der Waals surface area contributed by atoms with Crippen LogP contribution in [0.4, 0.5) is 0 Å². The number of hydrogen-bond donors (Lipinski definition) is 1. The highest BCUT2D eigenvalue weighted by atomic mass is 16.5. The first-order valence-electron chi connectivity index (χ1n) is 5.90. The molecule has 94 valence electrons. The summed E-state index contributed by atoms with van der Waals surface area (Å²) in [4.78, 5) is 11.9. The van der Waals surface area contributed by atoms with Crippen LogP contribution in [0.1, 0.15) is 44.5 Å². The number of ketones is 1. The summed E-state index contributed by atoms with van der Waals surface area (Å²) in [5.74, 6) is 0.476. The van der Waals surface area contributed by atoms with Crippen LogP contribution in [0.2, 0.25) is 0 Å². The van der Waals surface area contributed by atoms with Gasteiger partial charge in [0.1, 0.15) is 11.4 Å². The lowest BCUT2D eigenvalue weighted by Crippen LogP contribution is -2.34. The SMILES string of the molecule is CCC(C)(O)C(=O)c1ccc(OC(C)C)cc1.